The summed E-state index contributed by atoms with van der Waals surface area (Å²) in [4.78, 5) is 50.5. The highest BCUT2D eigenvalue weighted by molar-refractivity contribution is 5.93. The summed E-state index contributed by atoms with van der Waals surface area (Å²) in [6.45, 7) is 1.08. The molecule has 0 fully saturated rings. The molecule has 0 rings (SSSR count). The first kappa shape index (κ1) is 23.9. The zero-order valence-corrected chi connectivity index (χ0v) is 11.7. The van der Waals surface area contributed by atoms with Crippen molar-refractivity contribution in [2.24, 2.45) is 0 Å². The van der Waals surface area contributed by atoms with Crippen LogP contribution in [0.5, 0.6) is 0 Å². The molecule has 0 aromatic carbocycles. The molecule has 21 heavy (non-hydrogen) atoms. The molecular weight excluding hydrogens is 288 g/mol. The lowest BCUT2D eigenvalue weighted by Gasteiger charge is -2.10. The third kappa shape index (κ3) is 14.0. The van der Waals surface area contributed by atoms with Gasteiger partial charge in [-0.05, 0) is 0 Å². The van der Waals surface area contributed by atoms with Crippen molar-refractivity contribution in [2.45, 2.75) is 20.8 Å². The van der Waals surface area contributed by atoms with Gasteiger partial charge in [0, 0.05) is 28.1 Å². The summed E-state index contributed by atoms with van der Waals surface area (Å²) in [5, 5.41) is 15.5. The maximum Gasteiger partial charge on any atom is 0.361 e. The SMILES string of the molecule is C.CC(=O)N(C)CC(=O)OO.CN(C)C(=O)CC(=O)OO. The molecule has 0 aromatic heterocycles. The molecule has 0 radical (unpaired) electrons. The highest BCUT2D eigenvalue weighted by Crippen LogP contribution is 1.88. The highest BCUT2D eigenvalue weighted by atomic mass is 17.1. The normalized spacial score (nSPS) is 8.29. The van der Waals surface area contributed by atoms with Gasteiger partial charge in [-0.2, -0.15) is 10.5 Å². The second-order valence-corrected chi connectivity index (χ2v) is 3.77. The average molecular weight is 310 g/mol. The number of carbonyl (C=O) groups excluding carboxylic acids is 4. The van der Waals surface area contributed by atoms with Crippen LogP contribution in [0.2, 0.25) is 0 Å². The van der Waals surface area contributed by atoms with Gasteiger partial charge in [0.25, 0.3) is 0 Å². The maximum atomic E-state index is 10.6. The Morgan fingerprint density at radius 1 is 0.952 bits per heavy atom. The van der Waals surface area contributed by atoms with Crippen LogP contribution in [0.3, 0.4) is 0 Å². The first-order chi connectivity index (χ1) is 9.15. The average Bonchev–Trinajstić information content (AvgIpc) is 2.38. The maximum absolute atomic E-state index is 10.6. The molecule has 0 spiro atoms. The number of amides is 2. The Bertz CT molecular complexity index is 356. The lowest BCUT2D eigenvalue weighted by Crippen LogP contribution is -2.30. The Morgan fingerprint density at radius 2 is 1.38 bits per heavy atom. The summed E-state index contributed by atoms with van der Waals surface area (Å²) in [6.07, 6.45) is -0.427. The van der Waals surface area contributed by atoms with E-state index in [1.165, 1.54) is 33.0 Å². The molecule has 0 heterocycles. The second-order valence-electron chi connectivity index (χ2n) is 3.77. The van der Waals surface area contributed by atoms with Gasteiger partial charge in [-0.1, -0.05) is 7.43 Å². The molecule has 2 N–H and O–H groups in total. The van der Waals surface area contributed by atoms with E-state index in [1.54, 1.807) is 0 Å². The van der Waals surface area contributed by atoms with Crippen molar-refractivity contribution in [2.75, 3.05) is 27.7 Å². The summed E-state index contributed by atoms with van der Waals surface area (Å²) in [5.41, 5.74) is 0. The van der Waals surface area contributed by atoms with Crippen LogP contribution in [0, 0.1) is 0 Å². The number of nitrogens with zero attached hydrogens (tertiary/aromatic N) is 2. The summed E-state index contributed by atoms with van der Waals surface area (Å²) in [7, 11) is 4.44. The van der Waals surface area contributed by atoms with Crippen LogP contribution in [0.15, 0.2) is 0 Å². The van der Waals surface area contributed by atoms with Crippen molar-refractivity contribution in [3.63, 3.8) is 0 Å². The molecule has 10 heteroatoms. The minimum atomic E-state index is -0.946. The summed E-state index contributed by atoms with van der Waals surface area (Å²) >= 11 is 0. The first-order valence-electron chi connectivity index (χ1n) is 5.26. The fourth-order valence-corrected chi connectivity index (χ4v) is 0.648. The van der Waals surface area contributed by atoms with Crippen LogP contribution in [0.25, 0.3) is 0 Å². The van der Waals surface area contributed by atoms with Crippen LogP contribution in [0.4, 0.5) is 0 Å². The van der Waals surface area contributed by atoms with Crippen LogP contribution < -0.4 is 0 Å². The van der Waals surface area contributed by atoms with Crippen molar-refractivity contribution >= 4 is 23.8 Å². The van der Waals surface area contributed by atoms with E-state index in [0.29, 0.717) is 0 Å². The molecule has 0 saturated heterocycles. The molecule has 10 nitrogen and oxygen atoms in total. The quantitative estimate of drug-likeness (QED) is 0.407. The minimum absolute atomic E-state index is 0. The van der Waals surface area contributed by atoms with Crippen molar-refractivity contribution in [1.29, 1.82) is 0 Å². The van der Waals surface area contributed by atoms with Crippen LogP contribution in [-0.4, -0.2) is 71.8 Å². The Balaban J connectivity index is -0.000000295. The third-order valence-corrected chi connectivity index (χ3v) is 1.90. The Morgan fingerprint density at radius 3 is 1.67 bits per heavy atom. The van der Waals surface area contributed by atoms with Crippen molar-refractivity contribution in [3.8, 4) is 0 Å². The summed E-state index contributed by atoms with van der Waals surface area (Å²) in [5.74, 6) is -2.46. The van der Waals surface area contributed by atoms with E-state index in [9.17, 15) is 19.2 Å². The number of likely N-dealkylation sites (N-methyl/N-ethyl adjacent to an activating group) is 1. The molecule has 0 aliphatic heterocycles. The Kier molecular flexibility index (Phi) is 14.6. The summed E-state index contributed by atoms with van der Waals surface area (Å²) in [6, 6.07) is 0. The van der Waals surface area contributed by atoms with Gasteiger partial charge in [0.15, 0.2) is 0 Å². The van der Waals surface area contributed by atoms with E-state index in [1.807, 2.05) is 0 Å². The van der Waals surface area contributed by atoms with Crippen molar-refractivity contribution in [3.05, 3.63) is 0 Å². The minimum Gasteiger partial charge on any atom is -0.348 e. The van der Waals surface area contributed by atoms with Gasteiger partial charge in [0.2, 0.25) is 11.8 Å². The Hall–Kier alpha value is -2.20. The van der Waals surface area contributed by atoms with E-state index >= 15 is 0 Å². The molecule has 0 aromatic rings. The molecule has 0 unspecified atom stereocenters. The smallest absolute Gasteiger partial charge is 0.348 e. The van der Waals surface area contributed by atoms with Crippen molar-refractivity contribution in [1.82, 2.24) is 9.80 Å². The summed E-state index contributed by atoms with van der Waals surface area (Å²) < 4.78 is 0. The highest BCUT2D eigenvalue weighted by Gasteiger charge is 2.11. The number of hydrogen-bond donors (Lipinski definition) is 2. The van der Waals surface area contributed by atoms with Crippen LogP contribution in [-0.2, 0) is 29.0 Å². The van der Waals surface area contributed by atoms with Gasteiger partial charge in [-0.3, -0.25) is 14.5 Å². The van der Waals surface area contributed by atoms with Crippen LogP contribution in [0.1, 0.15) is 20.8 Å². The monoisotopic (exact) mass is 310 g/mol. The van der Waals surface area contributed by atoms with Gasteiger partial charge in [0.1, 0.15) is 13.0 Å². The molecule has 2 amide bonds. The van der Waals surface area contributed by atoms with E-state index in [2.05, 4.69) is 9.78 Å². The van der Waals surface area contributed by atoms with Crippen LogP contribution >= 0.6 is 0 Å². The lowest BCUT2D eigenvalue weighted by atomic mass is 10.4. The van der Waals surface area contributed by atoms with Gasteiger partial charge in [-0.25, -0.2) is 9.59 Å². The lowest BCUT2D eigenvalue weighted by molar-refractivity contribution is -0.234. The number of carbonyl (C=O) groups is 4. The predicted octanol–water partition coefficient (Wildman–Crippen LogP) is -0.402. The molecule has 0 atom stereocenters. The van der Waals surface area contributed by atoms with E-state index in [-0.39, 0.29) is 19.9 Å². The van der Waals surface area contributed by atoms with Gasteiger partial charge < -0.3 is 14.7 Å². The second kappa shape index (κ2) is 12.8. The molecule has 0 bridgehead atoms. The fourth-order valence-electron chi connectivity index (χ4n) is 0.648. The van der Waals surface area contributed by atoms with Gasteiger partial charge in [0.05, 0.1) is 0 Å². The topological polar surface area (TPSA) is 134 Å². The molecule has 124 valence electrons. The zero-order chi connectivity index (χ0) is 16.3. The molecule has 0 aliphatic carbocycles. The van der Waals surface area contributed by atoms with E-state index < -0.39 is 24.3 Å². The fraction of sp³-hybridized carbons (Fsp3) is 0.636. The largest absolute Gasteiger partial charge is 0.361 e. The van der Waals surface area contributed by atoms with Crippen molar-refractivity contribution < 1.29 is 39.5 Å². The number of rotatable bonds is 4. The van der Waals surface area contributed by atoms with E-state index in [0.717, 1.165) is 4.90 Å². The Labute approximate surface area is 122 Å². The predicted molar refractivity (Wildman–Crippen MR) is 70.8 cm³/mol. The third-order valence-electron chi connectivity index (χ3n) is 1.90. The standard InChI is InChI=1S/2C5H9NO4.CH4/c1-6(2)4(7)3-5(8)10-9;1-4(7)6(2)3-5(8)10-9;/h2*9H,3H2,1-2H3;1H4. The first-order valence-corrected chi connectivity index (χ1v) is 5.26. The molecular formula is C11H22N2O8. The zero-order valence-electron chi connectivity index (χ0n) is 11.7. The van der Waals surface area contributed by atoms with Gasteiger partial charge in [-0.15, -0.1) is 0 Å². The molecule has 0 saturated carbocycles. The molecule has 0 aliphatic rings. The van der Waals surface area contributed by atoms with E-state index in [4.69, 9.17) is 10.5 Å². The van der Waals surface area contributed by atoms with Gasteiger partial charge >= 0.3 is 11.9 Å². The number of hydrogen-bond acceptors (Lipinski definition) is 8.